The molecule has 0 amide bonds. The summed E-state index contributed by atoms with van der Waals surface area (Å²) in [7, 11) is 0. The first-order valence-corrected chi connectivity index (χ1v) is 8.98. The van der Waals surface area contributed by atoms with Crippen molar-refractivity contribution in [2.45, 2.75) is 20.8 Å². The number of H-pyrrole nitrogens is 1. The molecule has 3 rings (SSSR count). The Labute approximate surface area is 163 Å². The molecule has 3 aromatic rings. The summed E-state index contributed by atoms with van der Waals surface area (Å²) in [6.07, 6.45) is 1.57. The fourth-order valence-electron chi connectivity index (χ4n) is 3.34. The molecule has 140 valence electrons. The van der Waals surface area contributed by atoms with Crippen LogP contribution in [0, 0.1) is 25.2 Å². The highest BCUT2D eigenvalue weighted by Crippen LogP contribution is 2.25. The topological polar surface area (TPSA) is 83.0 Å². The maximum Gasteiger partial charge on any atom is 0.340 e. The minimum Gasteiger partial charge on any atom is -0.462 e. The first-order chi connectivity index (χ1) is 13.5. The molecule has 5 nitrogen and oxygen atoms in total. The van der Waals surface area contributed by atoms with Gasteiger partial charge in [0.15, 0.2) is 0 Å². The van der Waals surface area contributed by atoms with Gasteiger partial charge < -0.3 is 9.72 Å². The van der Waals surface area contributed by atoms with Gasteiger partial charge in [0.2, 0.25) is 5.78 Å². The van der Waals surface area contributed by atoms with Gasteiger partial charge in [-0.2, -0.15) is 5.26 Å². The first-order valence-electron chi connectivity index (χ1n) is 8.98. The molecule has 0 aliphatic rings. The highest BCUT2D eigenvalue weighted by Gasteiger charge is 2.27. The van der Waals surface area contributed by atoms with Crippen LogP contribution in [0.5, 0.6) is 0 Å². The number of Topliss-reactive ketones (excluding diaryl/α,β-unsaturated/α-hetero) is 1. The molecule has 0 spiro atoms. The molecule has 28 heavy (non-hydrogen) atoms. The number of carbonyl (C=O) groups is 2. The second kappa shape index (κ2) is 7.93. The van der Waals surface area contributed by atoms with E-state index >= 15 is 0 Å². The number of hydrogen-bond donors (Lipinski definition) is 1. The predicted molar refractivity (Wildman–Crippen MR) is 108 cm³/mol. The summed E-state index contributed by atoms with van der Waals surface area (Å²) in [4.78, 5) is 28.5. The lowest BCUT2D eigenvalue weighted by Gasteiger charge is -2.06. The lowest BCUT2D eigenvalue weighted by Crippen LogP contribution is -2.13. The standard InChI is InChI=1S/C23H20N2O3/c1-4-28-23(27)21-15(3)25-14(2)20(21)22(26)18(13-24)12-17-10-7-9-16-8-5-6-11-19(16)17/h5-12,25H,4H2,1-3H3/b18-12+. The number of nitrogens with one attached hydrogen (secondary N) is 1. The Morgan fingerprint density at radius 3 is 2.46 bits per heavy atom. The molecule has 0 radical (unpaired) electrons. The summed E-state index contributed by atoms with van der Waals surface area (Å²) < 4.78 is 5.09. The summed E-state index contributed by atoms with van der Waals surface area (Å²) in [6, 6.07) is 15.5. The second-order valence-corrected chi connectivity index (χ2v) is 6.41. The van der Waals surface area contributed by atoms with E-state index in [-0.39, 0.29) is 23.3 Å². The van der Waals surface area contributed by atoms with Gasteiger partial charge in [0.1, 0.15) is 11.6 Å². The second-order valence-electron chi connectivity index (χ2n) is 6.41. The van der Waals surface area contributed by atoms with Crippen molar-refractivity contribution in [1.82, 2.24) is 4.98 Å². The molecular weight excluding hydrogens is 352 g/mol. The van der Waals surface area contributed by atoms with E-state index in [1.54, 1.807) is 26.8 Å². The van der Waals surface area contributed by atoms with Crippen molar-refractivity contribution in [3.05, 3.63) is 76.1 Å². The third kappa shape index (κ3) is 3.45. The molecule has 1 N–H and O–H groups in total. The Balaban J connectivity index is 2.12. The van der Waals surface area contributed by atoms with Gasteiger partial charge in [-0.3, -0.25) is 4.79 Å². The highest BCUT2D eigenvalue weighted by atomic mass is 16.5. The molecule has 0 saturated carbocycles. The van der Waals surface area contributed by atoms with E-state index in [0.717, 1.165) is 16.3 Å². The maximum atomic E-state index is 13.2. The molecule has 0 aliphatic carbocycles. The zero-order valence-electron chi connectivity index (χ0n) is 16.0. The Kier molecular flexibility index (Phi) is 5.42. The van der Waals surface area contributed by atoms with Crippen LogP contribution in [0.2, 0.25) is 0 Å². The van der Waals surface area contributed by atoms with E-state index in [1.165, 1.54) is 0 Å². The number of nitriles is 1. The normalized spacial score (nSPS) is 11.3. The van der Waals surface area contributed by atoms with Crippen LogP contribution in [0.25, 0.3) is 16.8 Å². The zero-order chi connectivity index (χ0) is 20.3. The van der Waals surface area contributed by atoms with Gasteiger partial charge in [0.25, 0.3) is 0 Å². The Bertz CT molecular complexity index is 1140. The molecule has 0 bridgehead atoms. The number of aromatic nitrogens is 1. The van der Waals surface area contributed by atoms with Gasteiger partial charge in [-0.1, -0.05) is 42.5 Å². The van der Waals surface area contributed by atoms with Gasteiger partial charge >= 0.3 is 5.97 Å². The Hall–Kier alpha value is -3.65. The van der Waals surface area contributed by atoms with Crippen LogP contribution in [0.1, 0.15) is 44.6 Å². The summed E-state index contributed by atoms with van der Waals surface area (Å²) >= 11 is 0. The van der Waals surface area contributed by atoms with E-state index in [4.69, 9.17) is 4.74 Å². The predicted octanol–water partition coefficient (Wildman–Crippen LogP) is 4.75. The van der Waals surface area contributed by atoms with E-state index in [9.17, 15) is 14.9 Å². The van der Waals surface area contributed by atoms with Gasteiger partial charge in [-0.05, 0) is 43.2 Å². The summed E-state index contributed by atoms with van der Waals surface area (Å²) in [5.74, 6) is -1.07. The number of fused-ring (bicyclic) bond motifs is 1. The fourth-order valence-corrected chi connectivity index (χ4v) is 3.34. The number of aryl methyl sites for hydroxylation is 2. The van der Waals surface area contributed by atoms with Crippen LogP contribution in [-0.4, -0.2) is 23.3 Å². The van der Waals surface area contributed by atoms with Crippen molar-refractivity contribution in [3.8, 4) is 6.07 Å². The SMILES string of the molecule is CCOC(=O)c1c(C)[nH]c(C)c1C(=O)/C(C#N)=C/c1cccc2ccccc12. The first kappa shape index (κ1) is 19.1. The van der Waals surface area contributed by atoms with Crippen molar-refractivity contribution in [2.24, 2.45) is 0 Å². The monoisotopic (exact) mass is 372 g/mol. The summed E-state index contributed by atoms with van der Waals surface area (Å²) in [6.45, 7) is 5.31. The van der Waals surface area contributed by atoms with Gasteiger partial charge in [0, 0.05) is 11.4 Å². The number of rotatable bonds is 5. The number of ether oxygens (including phenoxy) is 1. The van der Waals surface area contributed by atoms with Crippen molar-refractivity contribution in [2.75, 3.05) is 6.61 Å². The number of esters is 1. The minimum atomic E-state index is -0.574. The average Bonchev–Trinajstić information content (AvgIpc) is 2.99. The zero-order valence-corrected chi connectivity index (χ0v) is 16.0. The number of aromatic amines is 1. The number of hydrogen-bond acceptors (Lipinski definition) is 4. The lowest BCUT2D eigenvalue weighted by atomic mass is 9.96. The average molecular weight is 372 g/mol. The Morgan fingerprint density at radius 2 is 1.75 bits per heavy atom. The number of ketones is 1. The highest BCUT2D eigenvalue weighted by molar-refractivity contribution is 6.19. The van der Waals surface area contributed by atoms with Crippen molar-refractivity contribution in [3.63, 3.8) is 0 Å². The number of allylic oxidation sites excluding steroid dienone is 1. The summed E-state index contributed by atoms with van der Waals surface area (Å²) in [5, 5.41) is 11.6. The van der Waals surface area contributed by atoms with Crippen molar-refractivity contribution in [1.29, 1.82) is 5.26 Å². The molecule has 2 aromatic carbocycles. The van der Waals surface area contributed by atoms with Gasteiger partial charge in [0.05, 0.1) is 17.7 Å². The molecule has 0 atom stereocenters. The number of nitrogens with zero attached hydrogens (tertiary/aromatic N) is 1. The quantitative estimate of drug-likeness (QED) is 0.303. The van der Waals surface area contributed by atoms with Crippen LogP contribution in [0.15, 0.2) is 48.0 Å². The van der Waals surface area contributed by atoms with Crippen LogP contribution in [0.4, 0.5) is 0 Å². The van der Waals surface area contributed by atoms with Crippen LogP contribution in [0.3, 0.4) is 0 Å². The van der Waals surface area contributed by atoms with E-state index in [1.807, 2.05) is 48.5 Å². The molecule has 1 heterocycles. The molecule has 5 heteroatoms. The third-order valence-corrected chi connectivity index (χ3v) is 4.57. The molecule has 1 aromatic heterocycles. The third-order valence-electron chi connectivity index (χ3n) is 4.57. The van der Waals surface area contributed by atoms with Crippen LogP contribution < -0.4 is 0 Å². The van der Waals surface area contributed by atoms with E-state index in [2.05, 4.69) is 4.98 Å². The van der Waals surface area contributed by atoms with E-state index in [0.29, 0.717) is 11.4 Å². The minimum absolute atomic E-state index is 0.0380. The van der Waals surface area contributed by atoms with Crippen LogP contribution in [-0.2, 0) is 4.74 Å². The lowest BCUT2D eigenvalue weighted by molar-refractivity contribution is 0.0523. The molecule has 0 aliphatic heterocycles. The van der Waals surface area contributed by atoms with Crippen molar-refractivity contribution < 1.29 is 14.3 Å². The van der Waals surface area contributed by atoms with Gasteiger partial charge in [-0.15, -0.1) is 0 Å². The summed E-state index contributed by atoms with van der Waals surface area (Å²) in [5.41, 5.74) is 2.17. The molecule has 0 saturated heterocycles. The number of carbonyl (C=O) groups excluding carboxylic acids is 2. The van der Waals surface area contributed by atoms with E-state index < -0.39 is 11.8 Å². The fraction of sp³-hybridized carbons (Fsp3) is 0.174. The largest absolute Gasteiger partial charge is 0.462 e. The molecule has 0 fully saturated rings. The maximum absolute atomic E-state index is 13.2. The van der Waals surface area contributed by atoms with Gasteiger partial charge in [-0.25, -0.2) is 4.79 Å². The van der Waals surface area contributed by atoms with Crippen molar-refractivity contribution >= 4 is 28.6 Å². The molecular formula is C23H20N2O3. The smallest absolute Gasteiger partial charge is 0.340 e. The Morgan fingerprint density at radius 1 is 1.07 bits per heavy atom. The number of benzene rings is 2. The van der Waals surface area contributed by atoms with Crippen LogP contribution >= 0.6 is 0 Å². The molecule has 0 unspecified atom stereocenters.